The predicted octanol–water partition coefficient (Wildman–Crippen LogP) is 2.83. The fourth-order valence-corrected chi connectivity index (χ4v) is 4.50. The lowest BCUT2D eigenvalue weighted by atomic mass is 10.2. The zero-order chi connectivity index (χ0) is 23.3. The Bertz CT molecular complexity index is 1190. The van der Waals surface area contributed by atoms with Crippen molar-refractivity contribution in [1.29, 1.82) is 0 Å². The molecule has 1 aromatic heterocycles. The van der Waals surface area contributed by atoms with Gasteiger partial charge in [-0.3, -0.25) is 9.10 Å². The first-order valence-electron chi connectivity index (χ1n) is 9.67. The number of amides is 1. The Hall–Kier alpha value is -3.05. The molecule has 0 saturated heterocycles. The number of hydrogen-bond acceptors (Lipinski definition) is 7. The third kappa shape index (κ3) is 5.80. The van der Waals surface area contributed by atoms with Crippen LogP contribution in [0.15, 0.2) is 53.7 Å². The van der Waals surface area contributed by atoms with Crippen LogP contribution in [0.5, 0.6) is 5.75 Å². The van der Waals surface area contributed by atoms with Crippen molar-refractivity contribution in [2.75, 3.05) is 28.7 Å². The number of carbonyl (C=O) groups excluding carboxylic acids is 1. The van der Waals surface area contributed by atoms with Crippen LogP contribution < -0.4 is 14.4 Å². The molecule has 11 heteroatoms. The number of thioether (sulfide) groups is 1. The Labute approximate surface area is 191 Å². The lowest BCUT2D eigenvalue weighted by Crippen LogP contribution is -2.30. The number of anilines is 2. The molecule has 1 amide bonds. The zero-order valence-corrected chi connectivity index (χ0v) is 19.9. The van der Waals surface area contributed by atoms with Crippen LogP contribution in [-0.4, -0.2) is 48.2 Å². The summed E-state index contributed by atoms with van der Waals surface area (Å²) in [5.74, 6) is 0.923. The lowest BCUT2D eigenvalue weighted by molar-refractivity contribution is -0.113. The number of para-hydroxylation sites is 2. The minimum absolute atomic E-state index is 0.0271. The first-order valence-corrected chi connectivity index (χ1v) is 12.5. The number of aromatic nitrogens is 3. The van der Waals surface area contributed by atoms with E-state index in [-0.39, 0.29) is 18.2 Å². The highest BCUT2D eigenvalue weighted by molar-refractivity contribution is 7.99. The van der Waals surface area contributed by atoms with Crippen LogP contribution in [0.25, 0.3) is 0 Å². The molecule has 170 valence electrons. The first-order chi connectivity index (χ1) is 15.2. The average Bonchev–Trinajstić information content (AvgIpc) is 3.10. The third-order valence-corrected chi connectivity index (χ3v) is 6.81. The molecule has 0 aliphatic heterocycles. The second-order valence-corrected chi connectivity index (χ2v) is 9.95. The fraction of sp³-hybridized carbons (Fsp3) is 0.286. The van der Waals surface area contributed by atoms with Gasteiger partial charge >= 0.3 is 0 Å². The van der Waals surface area contributed by atoms with Crippen molar-refractivity contribution < 1.29 is 17.9 Å². The number of aryl methyl sites for hydroxylation is 1. The van der Waals surface area contributed by atoms with Gasteiger partial charge in [0.05, 0.1) is 37.0 Å². The summed E-state index contributed by atoms with van der Waals surface area (Å²) in [7, 11) is -0.254. The van der Waals surface area contributed by atoms with Gasteiger partial charge in [0.2, 0.25) is 15.9 Å². The summed E-state index contributed by atoms with van der Waals surface area (Å²) < 4.78 is 33.0. The second-order valence-electron chi connectivity index (χ2n) is 7.10. The van der Waals surface area contributed by atoms with Crippen LogP contribution in [0.4, 0.5) is 11.4 Å². The van der Waals surface area contributed by atoms with Gasteiger partial charge in [-0.1, -0.05) is 41.6 Å². The molecule has 0 bridgehead atoms. The molecule has 3 aromatic rings. The molecule has 3 rings (SSSR count). The van der Waals surface area contributed by atoms with E-state index >= 15 is 0 Å². The maximum atomic E-state index is 12.4. The molecule has 0 aliphatic carbocycles. The molecule has 0 radical (unpaired) electrons. The maximum absolute atomic E-state index is 12.4. The van der Waals surface area contributed by atoms with Gasteiger partial charge in [0.1, 0.15) is 5.75 Å². The molecule has 0 atom stereocenters. The SMILES string of the molecule is COc1ccccc1NC(=O)CSc1nnc(CN(c2ccc(C)cc2)S(C)(=O)=O)n1C. The van der Waals surface area contributed by atoms with Gasteiger partial charge in [-0.25, -0.2) is 8.42 Å². The number of sulfonamides is 1. The molecule has 0 fully saturated rings. The van der Waals surface area contributed by atoms with Gasteiger partial charge in [-0.2, -0.15) is 0 Å². The van der Waals surface area contributed by atoms with E-state index in [1.54, 1.807) is 35.9 Å². The Kier molecular flexibility index (Phi) is 7.41. The molecule has 2 aromatic carbocycles. The summed E-state index contributed by atoms with van der Waals surface area (Å²) >= 11 is 1.21. The summed E-state index contributed by atoms with van der Waals surface area (Å²) in [6, 6.07) is 14.4. The Balaban J connectivity index is 1.69. The van der Waals surface area contributed by atoms with E-state index in [2.05, 4.69) is 15.5 Å². The standard InChI is InChI=1S/C21H25N5O4S2/c1-15-9-11-16(12-10-15)26(32(4,28)29)13-19-23-24-21(25(19)2)31-14-20(27)22-17-7-5-6-8-18(17)30-3/h5-12H,13-14H2,1-4H3,(H,22,27). The Morgan fingerprint density at radius 1 is 1.16 bits per heavy atom. The smallest absolute Gasteiger partial charge is 0.234 e. The number of nitrogens with one attached hydrogen (secondary N) is 1. The normalized spacial score (nSPS) is 11.2. The third-order valence-electron chi connectivity index (χ3n) is 4.65. The van der Waals surface area contributed by atoms with Crippen molar-refractivity contribution >= 4 is 39.1 Å². The maximum Gasteiger partial charge on any atom is 0.234 e. The van der Waals surface area contributed by atoms with E-state index in [1.807, 2.05) is 31.2 Å². The highest BCUT2D eigenvalue weighted by atomic mass is 32.2. The number of nitrogens with zero attached hydrogens (tertiary/aromatic N) is 4. The molecule has 0 unspecified atom stereocenters. The number of methoxy groups -OCH3 is 1. The van der Waals surface area contributed by atoms with E-state index in [4.69, 9.17) is 4.74 Å². The van der Waals surface area contributed by atoms with Gasteiger partial charge in [0.25, 0.3) is 0 Å². The molecule has 9 nitrogen and oxygen atoms in total. The summed E-state index contributed by atoms with van der Waals surface area (Å²) in [5.41, 5.74) is 2.17. The van der Waals surface area contributed by atoms with Gasteiger partial charge in [-0.05, 0) is 31.2 Å². The Morgan fingerprint density at radius 3 is 2.50 bits per heavy atom. The fourth-order valence-electron chi connectivity index (χ4n) is 2.91. The molecular weight excluding hydrogens is 450 g/mol. The number of hydrogen-bond donors (Lipinski definition) is 1. The van der Waals surface area contributed by atoms with E-state index in [9.17, 15) is 13.2 Å². The van der Waals surface area contributed by atoms with Crippen LogP contribution in [0.3, 0.4) is 0 Å². The van der Waals surface area contributed by atoms with Crippen molar-refractivity contribution in [3.05, 3.63) is 59.9 Å². The van der Waals surface area contributed by atoms with E-state index in [0.29, 0.717) is 28.1 Å². The molecular formula is C21H25N5O4S2. The highest BCUT2D eigenvalue weighted by Gasteiger charge is 2.21. The second kappa shape index (κ2) is 10.0. The van der Waals surface area contributed by atoms with Crippen LogP contribution in [0, 0.1) is 6.92 Å². The monoisotopic (exact) mass is 475 g/mol. The van der Waals surface area contributed by atoms with Crippen molar-refractivity contribution in [3.63, 3.8) is 0 Å². The first kappa shape index (κ1) is 23.6. The largest absolute Gasteiger partial charge is 0.495 e. The van der Waals surface area contributed by atoms with Gasteiger partial charge < -0.3 is 14.6 Å². The predicted molar refractivity (Wildman–Crippen MR) is 126 cm³/mol. The topological polar surface area (TPSA) is 106 Å². The molecule has 1 N–H and O–H groups in total. The summed E-state index contributed by atoms with van der Waals surface area (Å²) in [5, 5.41) is 11.6. The number of benzene rings is 2. The molecule has 0 aliphatic rings. The summed E-state index contributed by atoms with van der Waals surface area (Å²) in [4.78, 5) is 12.4. The van der Waals surface area contributed by atoms with Crippen molar-refractivity contribution in [2.24, 2.45) is 7.05 Å². The van der Waals surface area contributed by atoms with Crippen molar-refractivity contribution in [3.8, 4) is 5.75 Å². The number of carbonyl (C=O) groups is 1. The van der Waals surface area contributed by atoms with Crippen LogP contribution in [0.1, 0.15) is 11.4 Å². The lowest BCUT2D eigenvalue weighted by Gasteiger charge is -2.22. The minimum atomic E-state index is -3.53. The van der Waals surface area contributed by atoms with E-state index in [0.717, 1.165) is 11.8 Å². The number of rotatable bonds is 9. The van der Waals surface area contributed by atoms with Gasteiger partial charge in [0, 0.05) is 7.05 Å². The molecule has 0 spiro atoms. The molecule has 0 saturated carbocycles. The van der Waals surface area contributed by atoms with Crippen molar-refractivity contribution in [2.45, 2.75) is 18.6 Å². The summed E-state index contributed by atoms with van der Waals surface area (Å²) in [6.07, 6.45) is 1.15. The quantitative estimate of drug-likeness (QED) is 0.474. The van der Waals surface area contributed by atoms with Crippen LogP contribution in [0.2, 0.25) is 0 Å². The van der Waals surface area contributed by atoms with E-state index in [1.165, 1.54) is 23.2 Å². The summed E-state index contributed by atoms with van der Waals surface area (Å²) in [6.45, 7) is 1.96. The highest BCUT2D eigenvalue weighted by Crippen LogP contribution is 2.25. The minimum Gasteiger partial charge on any atom is -0.495 e. The van der Waals surface area contributed by atoms with Crippen molar-refractivity contribution in [1.82, 2.24) is 14.8 Å². The van der Waals surface area contributed by atoms with Crippen LogP contribution >= 0.6 is 11.8 Å². The molecule has 32 heavy (non-hydrogen) atoms. The van der Waals surface area contributed by atoms with Crippen LogP contribution in [-0.2, 0) is 28.4 Å². The van der Waals surface area contributed by atoms with Gasteiger partial charge in [0.15, 0.2) is 11.0 Å². The zero-order valence-electron chi connectivity index (χ0n) is 18.3. The number of ether oxygens (including phenoxy) is 1. The van der Waals surface area contributed by atoms with Gasteiger partial charge in [-0.15, -0.1) is 10.2 Å². The Morgan fingerprint density at radius 2 is 1.84 bits per heavy atom. The molecule has 1 heterocycles. The van der Waals surface area contributed by atoms with E-state index < -0.39 is 10.0 Å². The average molecular weight is 476 g/mol.